The first-order chi connectivity index (χ1) is 8.36. The van der Waals surface area contributed by atoms with Gasteiger partial charge in [-0.05, 0) is 24.3 Å². The third kappa shape index (κ3) is 3.75. The van der Waals surface area contributed by atoms with E-state index in [1.54, 1.807) is 30.1 Å². The predicted octanol–water partition coefficient (Wildman–Crippen LogP) is 3.42. The van der Waals surface area contributed by atoms with Gasteiger partial charge < -0.3 is 5.32 Å². The molecule has 4 heteroatoms. The molecule has 1 aromatic heterocycles. The number of thioether (sulfide) groups is 1. The number of hydrogen-bond donors (Lipinski definition) is 1. The van der Waals surface area contributed by atoms with Crippen molar-refractivity contribution in [1.29, 1.82) is 0 Å². The molecule has 0 radical (unpaired) electrons. The van der Waals surface area contributed by atoms with Crippen LogP contribution in [0.3, 0.4) is 0 Å². The van der Waals surface area contributed by atoms with Gasteiger partial charge in [0.05, 0.1) is 10.7 Å². The van der Waals surface area contributed by atoms with E-state index in [0.717, 1.165) is 10.8 Å². The third-order valence-corrected chi connectivity index (χ3v) is 3.12. The van der Waals surface area contributed by atoms with Crippen molar-refractivity contribution in [3.63, 3.8) is 0 Å². The summed E-state index contributed by atoms with van der Waals surface area (Å²) in [5.74, 6) is 0.640. The number of hydrogen-bond acceptors (Lipinski definition) is 3. The van der Waals surface area contributed by atoms with Crippen LogP contribution in [0, 0.1) is 5.82 Å². The summed E-state index contributed by atoms with van der Waals surface area (Å²) in [6.07, 6.45) is 1.77. The van der Waals surface area contributed by atoms with E-state index < -0.39 is 0 Å². The van der Waals surface area contributed by atoms with Crippen molar-refractivity contribution in [2.75, 3.05) is 17.6 Å². The highest BCUT2D eigenvalue weighted by molar-refractivity contribution is 7.99. The maximum absolute atomic E-state index is 13.3. The van der Waals surface area contributed by atoms with Crippen LogP contribution in [0.15, 0.2) is 53.7 Å². The fourth-order valence-corrected chi connectivity index (χ4v) is 2.10. The Bertz CT molecular complexity index is 462. The highest BCUT2D eigenvalue weighted by atomic mass is 32.2. The van der Waals surface area contributed by atoms with E-state index in [1.807, 2.05) is 24.3 Å². The van der Waals surface area contributed by atoms with Gasteiger partial charge in [-0.25, -0.2) is 9.37 Å². The first-order valence-corrected chi connectivity index (χ1v) is 6.37. The van der Waals surface area contributed by atoms with E-state index >= 15 is 0 Å². The maximum Gasteiger partial charge on any atom is 0.146 e. The third-order valence-electron chi connectivity index (χ3n) is 2.18. The summed E-state index contributed by atoms with van der Waals surface area (Å²) >= 11 is 1.65. The number of rotatable bonds is 5. The number of para-hydroxylation sites is 1. The van der Waals surface area contributed by atoms with Crippen LogP contribution in [0.1, 0.15) is 0 Å². The molecule has 2 rings (SSSR count). The van der Waals surface area contributed by atoms with Gasteiger partial charge >= 0.3 is 0 Å². The second-order valence-electron chi connectivity index (χ2n) is 3.42. The minimum absolute atomic E-state index is 0.213. The average Bonchev–Trinajstić information content (AvgIpc) is 2.38. The van der Waals surface area contributed by atoms with Gasteiger partial charge in [-0.2, -0.15) is 0 Å². The number of pyridine rings is 1. The fourth-order valence-electron chi connectivity index (χ4n) is 1.38. The van der Waals surface area contributed by atoms with Crippen LogP contribution in [0.2, 0.25) is 0 Å². The zero-order valence-corrected chi connectivity index (χ0v) is 10.1. The molecule has 0 fully saturated rings. The number of nitrogens with zero attached hydrogens (tertiary/aromatic N) is 1. The molecule has 1 heterocycles. The minimum Gasteiger partial charge on any atom is -0.382 e. The molecule has 0 unspecified atom stereocenters. The highest BCUT2D eigenvalue weighted by Crippen LogP contribution is 2.15. The Balaban J connectivity index is 1.76. The van der Waals surface area contributed by atoms with Crippen molar-refractivity contribution < 1.29 is 4.39 Å². The molecule has 88 valence electrons. The normalized spacial score (nSPS) is 10.2. The molecule has 0 aliphatic heterocycles. The van der Waals surface area contributed by atoms with E-state index in [0.29, 0.717) is 12.2 Å². The lowest BCUT2D eigenvalue weighted by Gasteiger charge is -2.06. The number of aromatic nitrogens is 1. The van der Waals surface area contributed by atoms with Crippen molar-refractivity contribution >= 4 is 17.4 Å². The lowest BCUT2D eigenvalue weighted by Crippen LogP contribution is -2.05. The molecule has 2 aromatic rings. The van der Waals surface area contributed by atoms with Crippen LogP contribution in [0.4, 0.5) is 10.1 Å². The zero-order valence-electron chi connectivity index (χ0n) is 9.27. The first-order valence-electron chi connectivity index (χ1n) is 5.38. The van der Waals surface area contributed by atoms with Gasteiger partial charge in [0.1, 0.15) is 5.82 Å². The molecule has 0 spiro atoms. The number of halogens is 1. The molecule has 0 bridgehead atoms. The van der Waals surface area contributed by atoms with Crippen LogP contribution >= 0.6 is 11.8 Å². The Labute approximate surface area is 104 Å². The van der Waals surface area contributed by atoms with E-state index in [2.05, 4.69) is 10.3 Å². The predicted molar refractivity (Wildman–Crippen MR) is 69.9 cm³/mol. The van der Waals surface area contributed by atoms with Gasteiger partial charge in [0.25, 0.3) is 0 Å². The Hall–Kier alpha value is -1.55. The quantitative estimate of drug-likeness (QED) is 0.648. The van der Waals surface area contributed by atoms with E-state index in [-0.39, 0.29) is 5.82 Å². The molecular weight excluding hydrogens is 235 g/mol. The van der Waals surface area contributed by atoms with Crippen molar-refractivity contribution in [3.05, 3.63) is 54.5 Å². The Morgan fingerprint density at radius 2 is 1.94 bits per heavy atom. The smallest absolute Gasteiger partial charge is 0.146 e. The van der Waals surface area contributed by atoms with E-state index in [1.165, 1.54) is 6.07 Å². The fraction of sp³-hybridized carbons (Fsp3) is 0.154. The Morgan fingerprint density at radius 3 is 2.71 bits per heavy atom. The van der Waals surface area contributed by atoms with Crippen molar-refractivity contribution in [3.8, 4) is 0 Å². The van der Waals surface area contributed by atoms with Crippen LogP contribution in [-0.4, -0.2) is 17.3 Å². The number of nitrogens with one attached hydrogen (secondary N) is 1. The van der Waals surface area contributed by atoms with Crippen LogP contribution < -0.4 is 5.32 Å². The summed E-state index contributed by atoms with van der Waals surface area (Å²) in [4.78, 5) is 4.20. The summed E-state index contributed by atoms with van der Waals surface area (Å²) < 4.78 is 13.3. The molecule has 2 nitrogen and oxygen atoms in total. The van der Waals surface area contributed by atoms with E-state index in [4.69, 9.17) is 0 Å². The highest BCUT2D eigenvalue weighted by Gasteiger charge is 1.99. The summed E-state index contributed by atoms with van der Waals surface area (Å²) in [7, 11) is 0. The van der Waals surface area contributed by atoms with Gasteiger partial charge in [-0.1, -0.05) is 18.2 Å². The molecular formula is C13H13FN2S. The summed E-state index contributed by atoms with van der Waals surface area (Å²) in [6, 6.07) is 12.5. The van der Waals surface area contributed by atoms with Gasteiger partial charge in [0, 0.05) is 18.5 Å². The second kappa shape index (κ2) is 6.25. The second-order valence-corrected chi connectivity index (χ2v) is 4.54. The number of anilines is 1. The molecule has 0 amide bonds. The Morgan fingerprint density at radius 1 is 1.12 bits per heavy atom. The molecule has 0 saturated carbocycles. The maximum atomic E-state index is 13.3. The monoisotopic (exact) mass is 248 g/mol. The van der Waals surface area contributed by atoms with Gasteiger partial charge in [-0.15, -0.1) is 11.8 Å². The topological polar surface area (TPSA) is 24.9 Å². The van der Waals surface area contributed by atoms with Crippen LogP contribution in [0.5, 0.6) is 0 Å². The standard InChI is InChI=1S/C13H13FN2S/c14-11-5-1-2-6-12(11)15-9-10-17-13-7-3-4-8-16-13/h1-8,15H,9-10H2. The van der Waals surface area contributed by atoms with Gasteiger partial charge in [0.2, 0.25) is 0 Å². The van der Waals surface area contributed by atoms with Gasteiger partial charge in [0.15, 0.2) is 0 Å². The first kappa shape index (κ1) is 11.9. The molecule has 0 saturated heterocycles. The molecule has 17 heavy (non-hydrogen) atoms. The molecule has 1 N–H and O–H groups in total. The Kier molecular flexibility index (Phi) is 4.38. The van der Waals surface area contributed by atoms with Crippen LogP contribution in [0.25, 0.3) is 0 Å². The molecule has 0 aliphatic carbocycles. The minimum atomic E-state index is -0.213. The average molecular weight is 248 g/mol. The van der Waals surface area contributed by atoms with Crippen molar-refractivity contribution in [2.24, 2.45) is 0 Å². The molecule has 0 aliphatic rings. The van der Waals surface area contributed by atoms with Crippen molar-refractivity contribution in [1.82, 2.24) is 4.98 Å². The van der Waals surface area contributed by atoms with Crippen molar-refractivity contribution in [2.45, 2.75) is 5.03 Å². The lowest BCUT2D eigenvalue weighted by molar-refractivity contribution is 0.630. The van der Waals surface area contributed by atoms with E-state index in [9.17, 15) is 4.39 Å². The summed E-state index contributed by atoms with van der Waals surface area (Å²) in [5, 5.41) is 4.05. The summed E-state index contributed by atoms with van der Waals surface area (Å²) in [6.45, 7) is 0.710. The van der Waals surface area contributed by atoms with Crippen LogP contribution in [-0.2, 0) is 0 Å². The molecule has 0 atom stereocenters. The van der Waals surface area contributed by atoms with Gasteiger partial charge in [-0.3, -0.25) is 0 Å². The zero-order chi connectivity index (χ0) is 11.9. The number of benzene rings is 1. The summed E-state index contributed by atoms with van der Waals surface area (Å²) in [5.41, 5.74) is 0.550. The lowest BCUT2D eigenvalue weighted by atomic mass is 10.3. The largest absolute Gasteiger partial charge is 0.382 e. The SMILES string of the molecule is Fc1ccccc1NCCSc1ccccn1. The molecule has 1 aromatic carbocycles.